The van der Waals surface area contributed by atoms with E-state index in [2.05, 4.69) is 20.9 Å². The van der Waals surface area contributed by atoms with Crippen molar-refractivity contribution in [3.63, 3.8) is 0 Å². The maximum absolute atomic E-state index is 11.2. The molecule has 1 heterocycles. The first kappa shape index (κ1) is 21.3. The molecule has 2 aromatic carbocycles. The minimum Gasteiger partial charge on any atom is -0.492 e. The molecule has 0 aromatic heterocycles. The van der Waals surface area contributed by atoms with Crippen LogP contribution in [0.3, 0.4) is 0 Å². The van der Waals surface area contributed by atoms with Gasteiger partial charge in [0.05, 0.1) is 6.54 Å². The smallest absolute Gasteiger partial charge is 0.231 e. The largest absolute Gasteiger partial charge is 0.492 e. The average Bonchev–Trinajstić information content (AvgIpc) is 3.19. The number of nitrogens with zero attached hydrogens (tertiary/aromatic N) is 1. The molecule has 0 aliphatic carbocycles. The lowest BCUT2D eigenvalue weighted by molar-refractivity contribution is -0.114. The minimum atomic E-state index is -0.110. The molecule has 0 bridgehead atoms. The molecule has 0 radical (unpaired) electrons. The molecule has 1 amide bonds. The van der Waals surface area contributed by atoms with Crippen LogP contribution in [0.25, 0.3) is 0 Å². The van der Waals surface area contributed by atoms with E-state index in [0.29, 0.717) is 31.1 Å². The van der Waals surface area contributed by atoms with Crippen LogP contribution in [0.1, 0.15) is 19.4 Å². The molecule has 1 aliphatic rings. The van der Waals surface area contributed by atoms with Gasteiger partial charge in [0.15, 0.2) is 17.5 Å². The van der Waals surface area contributed by atoms with Crippen molar-refractivity contribution in [1.29, 1.82) is 0 Å². The second-order valence-electron chi connectivity index (χ2n) is 6.68. The molecule has 30 heavy (non-hydrogen) atoms. The second kappa shape index (κ2) is 10.9. The van der Waals surface area contributed by atoms with E-state index in [0.717, 1.165) is 36.0 Å². The minimum absolute atomic E-state index is 0.110. The highest BCUT2D eigenvalue weighted by Crippen LogP contribution is 2.32. The molecule has 3 rings (SSSR count). The first-order valence-electron chi connectivity index (χ1n) is 10.0. The SMILES string of the molecule is CCNC(=NCCc1ccc2c(c1)OCO2)NCCOc1cccc(NC(C)=O)c1. The highest BCUT2D eigenvalue weighted by molar-refractivity contribution is 5.88. The predicted octanol–water partition coefficient (Wildman–Crippen LogP) is 2.55. The lowest BCUT2D eigenvalue weighted by atomic mass is 10.1. The van der Waals surface area contributed by atoms with Gasteiger partial charge in [-0.25, -0.2) is 0 Å². The van der Waals surface area contributed by atoms with Crippen molar-refractivity contribution in [2.75, 3.05) is 38.4 Å². The van der Waals surface area contributed by atoms with Crippen LogP contribution in [0.2, 0.25) is 0 Å². The van der Waals surface area contributed by atoms with Crippen LogP contribution in [-0.2, 0) is 11.2 Å². The van der Waals surface area contributed by atoms with Crippen molar-refractivity contribution in [2.45, 2.75) is 20.3 Å². The Morgan fingerprint density at radius 3 is 2.83 bits per heavy atom. The number of hydrogen-bond acceptors (Lipinski definition) is 5. The molecular formula is C22H28N4O4. The van der Waals surface area contributed by atoms with Crippen LogP contribution < -0.4 is 30.2 Å². The molecule has 8 nitrogen and oxygen atoms in total. The van der Waals surface area contributed by atoms with Crippen LogP contribution in [0.4, 0.5) is 5.69 Å². The lowest BCUT2D eigenvalue weighted by Gasteiger charge is -2.12. The standard InChI is InChI=1S/C22H28N4O4/c1-3-23-22(24-10-9-17-7-8-20-21(13-17)30-15-29-20)25-11-12-28-19-6-4-5-18(14-19)26-16(2)27/h4-8,13-14H,3,9-12,15H2,1-2H3,(H,26,27)(H2,23,24,25). The summed E-state index contributed by atoms with van der Waals surface area (Å²) in [5.41, 5.74) is 1.87. The molecule has 0 saturated heterocycles. The van der Waals surface area contributed by atoms with Gasteiger partial charge in [-0.05, 0) is 43.2 Å². The van der Waals surface area contributed by atoms with E-state index in [-0.39, 0.29) is 12.7 Å². The number of fused-ring (bicyclic) bond motifs is 1. The zero-order valence-corrected chi connectivity index (χ0v) is 17.4. The fourth-order valence-electron chi connectivity index (χ4n) is 2.94. The van der Waals surface area contributed by atoms with E-state index in [1.165, 1.54) is 6.92 Å². The van der Waals surface area contributed by atoms with Crippen molar-refractivity contribution in [3.8, 4) is 17.2 Å². The maximum Gasteiger partial charge on any atom is 0.231 e. The number of aliphatic imine (C=N–C) groups is 1. The van der Waals surface area contributed by atoms with Crippen LogP contribution >= 0.6 is 0 Å². The van der Waals surface area contributed by atoms with Crippen molar-refractivity contribution < 1.29 is 19.0 Å². The number of carbonyl (C=O) groups excluding carboxylic acids is 1. The van der Waals surface area contributed by atoms with Gasteiger partial charge in [0.2, 0.25) is 12.7 Å². The van der Waals surface area contributed by atoms with Crippen molar-refractivity contribution in [1.82, 2.24) is 10.6 Å². The quantitative estimate of drug-likeness (QED) is 0.333. The third kappa shape index (κ3) is 6.58. The Balaban J connectivity index is 1.43. The number of carbonyl (C=O) groups is 1. The zero-order valence-electron chi connectivity index (χ0n) is 17.4. The molecule has 0 saturated carbocycles. The number of hydrogen-bond donors (Lipinski definition) is 3. The number of anilines is 1. The van der Waals surface area contributed by atoms with Gasteiger partial charge in [0.25, 0.3) is 0 Å². The Bertz CT molecular complexity index is 885. The van der Waals surface area contributed by atoms with Crippen molar-refractivity contribution >= 4 is 17.6 Å². The third-order valence-corrected chi connectivity index (χ3v) is 4.27. The van der Waals surface area contributed by atoms with Crippen LogP contribution in [-0.4, -0.2) is 44.9 Å². The summed E-state index contributed by atoms with van der Waals surface area (Å²) in [7, 11) is 0. The van der Waals surface area contributed by atoms with E-state index in [4.69, 9.17) is 14.2 Å². The molecule has 0 spiro atoms. The Morgan fingerprint density at radius 1 is 1.13 bits per heavy atom. The Kier molecular flexibility index (Phi) is 7.77. The fourth-order valence-corrected chi connectivity index (χ4v) is 2.94. The van der Waals surface area contributed by atoms with Gasteiger partial charge in [-0.2, -0.15) is 0 Å². The monoisotopic (exact) mass is 412 g/mol. The number of rotatable bonds is 9. The van der Waals surface area contributed by atoms with Crippen molar-refractivity contribution in [3.05, 3.63) is 48.0 Å². The zero-order chi connectivity index (χ0) is 21.2. The summed E-state index contributed by atoms with van der Waals surface area (Å²) in [4.78, 5) is 15.8. The number of amides is 1. The van der Waals surface area contributed by atoms with Gasteiger partial charge in [-0.1, -0.05) is 12.1 Å². The van der Waals surface area contributed by atoms with Crippen LogP contribution in [0.15, 0.2) is 47.5 Å². The van der Waals surface area contributed by atoms with Crippen LogP contribution in [0, 0.1) is 0 Å². The Labute approximate surface area is 176 Å². The fraction of sp³-hybridized carbons (Fsp3) is 0.364. The van der Waals surface area contributed by atoms with E-state index in [9.17, 15) is 4.79 Å². The Hall–Kier alpha value is -3.42. The molecule has 0 fully saturated rings. The van der Waals surface area contributed by atoms with Crippen molar-refractivity contribution in [2.24, 2.45) is 4.99 Å². The van der Waals surface area contributed by atoms with E-state index >= 15 is 0 Å². The number of guanidine groups is 1. The molecular weight excluding hydrogens is 384 g/mol. The highest BCUT2D eigenvalue weighted by atomic mass is 16.7. The number of nitrogens with one attached hydrogen (secondary N) is 3. The Morgan fingerprint density at radius 2 is 2.00 bits per heavy atom. The molecule has 1 aliphatic heterocycles. The molecule has 0 unspecified atom stereocenters. The second-order valence-corrected chi connectivity index (χ2v) is 6.68. The summed E-state index contributed by atoms with van der Waals surface area (Å²) >= 11 is 0. The number of ether oxygens (including phenoxy) is 3. The third-order valence-electron chi connectivity index (χ3n) is 4.27. The van der Waals surface area contributed by atoms with Gasteiger partial charge in [0, 0.05) is 31.8 Å². The van der Waals surface area contributed by atoms with Crippen LogP contribution in [0.5, 0.6) is 17.2 Å². The molecule has 160 valence electrons. The summed E-state index contributed by atoms with van der Waals surface area (Å²) in [6, 6.07) is 13.3. The topological polar surface area (TPSA) is 93.2 Å². The van der Waals surface area contributed by atoms with E-state index < -0.39 is 0 Å². The molecule has 3 N–H and O–H groups in total. The summed E-state index contributed by atoms with van der Waals surface area (Å²) in [6.45, 7) is 6.27. The number of benzene rings is 2. The first-order chi connectivity index (χ1) is 14.6. The summed E-state index contributed by atoms with van der Waals surface area (Å²) in [5, 5.41) is 9.24. The molecule has 2 aromatic rings. The van der Waals surface area contributed by atoms with Gasteiger partial charge < -0.3 is 30.2 Å². The summed E-state index contributed by atoms with van der Waals surface area (Å²) < 4.78 is 16.5. The van der Waals surface area contributed by atoms with Gasteiger partial charge in [-0.3, -0.25) is 9.79 Å². The molecule has 0 atom stereocenters. The lowest BCUT2D eigenvalue weighted by Crippen LogP contribution is -2.39. The summed E-state index contributed by atoms with van der Waals surface area (Å²) in [5.74, 6) is 2.92. The van der Waals surface area contributed by atoms with E-state index in [1.807, 2.05) is 43.3 Å². The highest BCUT2D eigenvalue weighted by Gasteiger charge is 2.12. The average molecular weight is 412 g/mol. The van der Waals surface area contributed by atoms with E-state index in [1.54, 1.807) is 6.07 Å². The molecule has 8 heteroatoms. The summed E-state index contributed by atoms with van der Waals surface area (Å²) in [6.07, 6.45) is 0.805. The van der Waals surface area contributed by atoms with Gasteiger partial charge >= 0.3 is 0 Å². The van der Waals surface area contributed by atoms with Gasteiger partial charge in [0.1, 0.15) is 12.4 Å². The van der Waals surface area contributed by atoms with Gasteiger partial charge in [-0.15, -0.1) is 0 Å². The normalized spacial score (nSPS) is 12.4. The first-order valence-corrected chi connectivity index (χ1v) is 10.0. The predicted molar refractivity (Wildman–Crippen MR) is 116 cm³/mol. The maximum atomic E-state index is 11.2.